The van der Waals surface area contributed by atoms with E-state index < -0.39 is 50.3 Å². The molecular formula is C27H36N7O9P. The van der Waals surface area contributed by atoms with Gasteiger partial charge >= 0.3 is 13.7 Å². The number of rotatable bonds is 14. The predicted octanol–water partition coefficient (Wildman–Crippen LogP) is 1.45. The van der Waals surface area contributed by atoms with Gasteiger partial charge in [-0.2, -0.15) is 15.4 Å². The third kappa shape index (κ3) is 7.69. The summed E-state index contributed by atoms with van der Waals surface area (Å²) in [4.78, 5) is 30.0. The molecule has 0 aliphatic rings. The second kappa shape index (κ2) is 14.1. The van der Waals surface area contributed by atoms with Crippen LogP contribution in [0.3, 0.4) is 0 Å². The van der Waals surface area contributed by atoms with Gasteiger partial charge in [0.05, 0.1) is 11.8 Å². The first kappa shape index (κ1) is 34.4. The van der Waals surface area contributed by atoms with Crippen LogP contribution in [-0.4, -0.2) is 93.3 Å². The molecule has 0 spiro atoms. The Bertz CT molecular complexity index is 1560. The first-order chi connectivity index (χ1) is 20.7. The van der Waals surface area contributed by atoms with Crippen LogP contribution in [0.15, 0.2) is 42.7 Å². The van der Waals surface area contributed by atoms with Crippen molar-refractivity contribution >= 4 is 31.0 Å². The number of nitrogens with zero attached hydrogens (tertiary/aromatic N) is 5. The van der Waals surface area contributed by atoms with Crippen molar-refractivity contribution in [1.29, 1.82) is 5.26 Å². The maximum absolute atomic E-state index is 14.0. The fraction of sp³-hybridized carbons (Fsp3) is 0.444. The number of amides is 1. The molecule has 0 bridgehead atoms. The molecule has 0 fully saturated rings. The van der Waals surface area contributed by atoms with E-state index >= 15 is 0 Å². The summed E-state index contributed by atoms with van der Waals surface area (Å²) in [5, 5.41) is 38.8. The number of nitrogens with one attached hydrogen (secondary N) is 1. The van der Waals surface area contributed by atoms with Gasteiger partial charge in [-0.25, -0.2) is 14.1 Å². The number of aliphatic hydroxyl groups is 2. The highest BCUT2D eigenvalue weighted by atomic mass is 31.2. The minimum absolute atomic E-state index is 0.0157. The van der Waals surface area contributed by atoms with Crippen molar-refractivity contribution in [2.45, 2.75) is 50.7 Å². The van der Waals surface area contributed by atoms with Crippen LogP contribution >= 0.6 is 7.75 Å². The molecule has 0 saturated carbocycles. The fourth-order valence-electron chi connectivity index (χ4n) is 3.97. The van der Waals surface area contributed by atoms with E-state index in [0.717, 1.165) is 13.4 Å². The van der Waals surface area contributed by atoms with Gasteiger partial charge in [-0.1, -0.05) is 0 Å². The quantitative estimate of drug-likeness (QED) is 0.146. The summed E-state index contributed by atoms with van der Waals surface area (Å²) in [6.45, 7) is 3.72. The van der Waals surface area contributed by atoms with Crippen LogP contribution in [-0.2, 0) is 23.4 Å². The number of fused-ring (bicyclic) bond motifs is 1. The molecule has 0 radical (unpaired) electrons. The number of esters is 1. The lowest BCUT2D eigenvalue weighted by atomic mass is 9.93. The molecule has 3 rings (SSSR count). The van der Waals surface area contributed by atoms with E-state index in [0.29, 0.717) is 11.1 Å². The predicted molar refractivity (Wildman–Crippen MR) is 156 cm³/mol. The number of carbonyl (C=O) groups is 2. The summed E-state index contributed by atoms with van der Waals surface area (Å²) < 4.78 is 37.0. The molecule has 0 saturated heterocycles. The van der Waals surface area contributed by atoms with E-state index in [9.17, 15) is 29.6 Å². The lowest BCUT2D eigenvalue weighted by Crippen LogP contribution is -2.50. The van der Waals surface area contributed by atoms with Gasteiger partial charge in [0.2, 0.25) is 5.60 Å². The SMILES string of the molecule is CO[C@](C#N)(COP(=O)(N[C@@H](C)C(=O)OC(C)C)Oc1ccc(C(=O)N(C)C)cc1)[C@@H](O)[C@@H](O)c1ccc2c(N)ncnn12. The van der Waals surface area contributed by atoms with Gasteiger partial charge in [0, 0.05) is 26.8 Å². The van der Waals surface area contributed by atoms with Crippen molar-refractivity contribution in [2.75, 3.05) is 33.5 Å². The Labute approximate surface area is 253 Å². The monoisotopic (exact) mass is 633 g/mol. The summed E-state index contributed by atoms with van der Waals surface area (Å²) in [5.41, 5.74) is 4.25. The Morgan fingerprint density at radius 3 is 2.41 bits per heavy atom. The number of benzene rings is 1. The van der Waals surface area contributed by atoms with E-state index in [1.807, 2.05) is 0 Å². The smallest absolute Gasteiger partial charge is 0.459 e. The second-order valence-corrected chi connectivity index (χ2v) is 11.9. The highest BCUT2D eigenvalue weighted by Crippen LogP contribution is 2.46. The number of nitriles is 1. The van der Waals surface area contributed by atoms with Crippen LogP contribution in [0.4, 0.5) is 5.82 Å². The van der Waals surface area contributed by atoms with E-state index in [4.69, 9.17) is 24.3 Å². The van der Waals surface area contributed by atoms with Gasteiger partial charge in [-0.3, -0.25) is 14.1 Å². The molecule has 16 nitrogen and oxygen atoms in total. The minimum Gasteiger partial charge on any atom is -0.462 e. The number of aromatic nitrogens is 3. The van der Waals surface area contributed by atoms with Crippen molar-refractivity contribution in [3.05, 3.63) is 54.0 Å². The number of aliphatic hydroxyl groups excluding tert-OH is 2. The number of hydrogen-bond donors (Lipinski definition) is 4. The molecule has 0 aliphatic carbocycles. The average Bonchev–Trinajstić information content (AvgIpc) is 3.42. The highest BCUT2D eigenvalue weighted by Gasteiger charge is 2.47. The zero-order valence-corrected chi connectivity index (χ0v) is 26.0. The van der Waals surface area contributed by atoms with Crippen LogP contribution in [0.25, 0.3) is 5.52 Å². The highest BCUT2D eigenvalue weighted by molar-refractivity contribution is 7.52. The topological polar surface area (TPSA) is 224 Å². The number of nitrogens with two attached hydrogens (primary N) is 1. The molecule has 238 valence electrons. The maximum atomic E-state index is 14.0. The summed E-state index contributed by atoms with van der Waals surface area (Å²) in [6.07, 6.45) is -3.09. The van der Waals surface area contributed by atoms with E-state index in [2.05, 4.69) is 15.2 Å². The van der Waals surface area contributed by atoms with Crippen molar-refractivity contribution < 1.29 is 42.9 Å². The van der Waals surface area contributed by atoms with Crippen LogP contribution in [0, 0.1) is 11.3 Å². The van der Waals surface area contributed by atoms with Crippen LogP contribution in [0.5, 0.6) is 5.75 Å². The van der Waals surface area contributed by atoms with Crippen molar-refractivity contribution in [1.82, 2.24) is 24.6 Å². The van der Waals surface area contributed by atoms with Gasteiger partial charge < -0.3 is 34.8 Å². The summed E-state index contributed by atoms with van der Waals surface area (Å²) in [5.74, 6) is -0.953. The molecule has 44 heavy (non-hydrogen) atoms. The Morgan fingerprint density at radius 1 is 1.18 bits per heavy atom. The second-order valence-electron chi connectivity index (χ2n) is 10.2. The van der Waals surface area contributed by atoms with E-state index in [1.165, 1.54) is 52.7 Å². The van der Waals surface area contributed by atoms with Gasteiger partial charge in [0.1, 0.15) is 48.5 Å². The standard InChI is InChI=1S/C27H36N7O9P/c1-16(2)42-26(38)17(3)32-44(39,43-19-9-7-18(8-10-19)25(37)33(4)5)41-14-27(13-28,40-6)23(36)22(35)20-11-12-21-24(29)30-15-31-34(20)21/h7-12,15-17,22-23,35-36H,14H2,1-6H3,(H,32,39)(H2,29,30,31)/t17-,22-,23-,27+,44?/m0/s1. The lowest BCUT2D eigenvalue weighted by Gasteiger charge is -2.34. The maximum Gasteiger partial charge on any atom is 0.459 e. The Hall–Kier alpha value is -4.10. The number of ether oxygens (including phenoxy) is 2. The number of hydrogen-bond acceptors (Lipinski definition) is 13. The Balaban J connectivity index is 1.91. The van der Waals surface area contributed by atoms with Gasteiger partial charge in [0.25, 0.3) is 5.91 Å². The summed E-state index contributed by atoms with van der Waals surface area (Å²) in [6, 6.07) is 9.10. The van der Waals surface area contributed by atoms with Crippen molar-refractivity contribution in [3.8, 4) is 11.8 Å². The van der Waals surface area contributed by atoms with Gasteiger partial charge in [0.15, 0.2) is 5.82 Å². The zero-order valence-electron chi connectivity index (χ0n) is 25.1. The zero-order chi connectivity index (χ0) is 32.8. The summed E-state index contributed by atoms with van der Waals surface area (Å²) in [7, 11) is -0.310. The fourth-order valence-corrected chi connectivity index (χ4v) is 5.49. The number of methoxy groups -OCH3 is 1. The molecule has 2 aromatic heterocycles. The summed E-state index contributed by atoms with van der Waals surface area (Å²) >= 11 is 0. The largest absolute Gasteiger partial charge is 0.462 e. The third-order valence-electron chi connectivity index (χ3n) is 6.38. The van der Waals surface area contributed by atoms with Crippen LogP contribution < -0.4 is 15.3 Å². The normalized spacial score (nSPS) is 16.3. The number of carbonyl (C=O) groups excluding carboxylic acids is 2. The third-order valence-corrected chi connectivity index (χ3v) is 8.01. The van der Waals surface area contributed by atoms with Crippen molar-refractivity contribution in [2.24, 2.45) is 0 Å². The lowest BCUT2D eigenvalue weighted by molar-refractivity contribution is -0.149. The molecular weight excluding hydrogens is 597 g/mol. The van der Waals surface area contributed by atoms with Gasteiger partial charge in [-0.05, 0) is 57.2 Å². The number of anilines is 1. The number of nitrogen functional groups attached to an aromatic ring is 1. The molecule has 5 atom stereocenters. The molecule has 2 heterocycles. The molecule has 0 aliphatic heterocycles. The van der Waals surface area contributed by atoms with Gasteiger partial charge in [-0.15, -0.1) is 0 Å². The van der Waals surface area contributed by atoms with Crippen molar-refractivity contribution in [3.63, 3.8) is 0 Å². The van der Waals surface area contributed by atoms with E-state index in [1.54, 1.807) is 34.0 Å². The molecule has 17 heteroatoms. The first-order valence-electron chi connectivity index (χ1n) is 13.3. The van der Waals surface area contributed by atoms with Crippen LogP contribution in [0.1, 0.15) is 42.9 Å². The Morgan fingerprint density at radius 2 is 1.84 bits per heavy atom. The molecule has 1 aromatic carbocycles. The minimum atomic E-state index is -4.56. The molecule has 3 aromatic rings. The van der Waals surface area contributed by atoms with E-state index in [-0.39, 0.29) is 23.2 Å². The Kier molecular flexibility index (Phi) is 11.0. The van der Waals surface area contributed by atoms with Crippen LogP contribution in [0.2, 0.25) is 0 Å². The molecule has 1 amide bonds. The molecule has 5 N–H and O–H groups in total. The molecule has 1 unspecified atom stereocenters. The first-order valence-corrected chi connectivity index (χ1v) is 14.9. The average molecular weight is 634 g/mol.